The summed E-state index contributed by atoms with van der Waals surface area (Å²) in [4.78, 5) is 12.9. The summed E-state index contributed by atoms with van der Waals surface area (Å²) >= 11 is 6.12. The lowest BCUT2D eigenvalue weighted by Crippen LogP contribution is -2.03. The molecule has 0 atom stereocenters. The highest BCUT2D eigenvalue weighted by Gasteiger charge is 2.14. The van der Waals surface area contributed by atoms with Gasteiger partial charge < -0.3 is 4.74 Å². The molecule has 2 heterocycles. The van der Waals surface area contributed by atoms with E-state index in [1.807, 2.05) is 39.8 Å². The van der Waals surface area contributed by atoms with Gasteiger partial charge in [0.15, 0.2) is 5.75 Å². The molecule has 0 fully saturated rings. The Morgan fingerprint density at radius 2 is 1.95 bits per heavy atom. The molecule has 0 spiro atoms. The van der Waals surface area contributed by atoms with Crippen LogP contribution in [0.2, 0.25) is 5.15 Å². The lowest BCUT2D eigenvalue weighted by molar-refractivity contribution is 0.447. The predicted molar refractivity (Wildman–Crippen MR) is 74.9 cm³/mol. The largest absolute Gasteiger partial charge is 0.437 e. The molecule has 0 aromatic carbocycles. The first-order chi connectivity index (χ1) is 8.99. The van der Waals surface area contributed by atoms with Crippen LogP contribution >= 0.6 is 11.6 Å². The van der Waals surface area contributed by atoms with Crippen LogP contribution in [-0.4, -0.2) is 15.0 Å². The number of hydrogen-bond donors (Lipinski definition) is 0. The maximum atomic E-state index is 6.12. The van der Waals surface area contributed by atoms with Gasteiger partial charge in [-0.05, 0) is 26.0 Å². The number of nitrogens with zero attached hydrogens (tertiary/aromatic N) is 3. The van der Waals surface area contributed by atoms with E-state index in [-0.39, 0.29) is 5.92 Å². The summed E-state index contributed by atoms with van der Waals surface area (Å²) in [5, 5.41) is 0.426. The van der Waals surface area contributed by atoms with Crippen LogP contribution < -0.4 is 4.74 Å². The van der Waals surface area contributed by atoms with Crippen molar-refractivity contribution in [1.29, 1.82) is 0 Å². The molecule has 0 saturated carbocycles. The molecule has 0 radical (unpaired) electrons. The summed E-state index contributed by atoms with van der Waals surface area (Å²) in [6.07, 6.45) is 1.72. The molecule has 2 aromatic rings. The summed E-state index contributed by atoms with van der Waals surface area (Å²) in [7, 11) is 0. The monoisotopic (exact) mass is 277 g/mol. The van der Waals surface area contributed by atoms with Gasteiger partial charge in [0.05, 0.1) is 5.69 Å². The number of rotatable bonds is 3. The van der Waals surface area contributed by atoms with Crippen molar-refractivity contribution in [2.45, 2.75) is 33.6 Å². The second-order valence-corrected chi connectivity index (χ2v) is 5.00. The summed E-state index contributed by atoms with van der Waals surface area (Å²) in [6.45, 7) is 7.75. The highest BCUT2D eigenvalue weighted by atomic mass is 35.5. The summed E-state index contributed by atoms with van der Waals surface area (Å²) in [6, 6.07) is 3.68. The number of hydrogen-bond acceptors (Lipinski definition) is 4. The molecule has 0 unspecified atom stereocenters. The first-order valence-electron chi connectivity index (χ1n) is 6.12. The average Bonchev–Trinajstić information content (AvgIpc) is 2.37. The second kappa shape index (κ2) is 5.53. The molecule has 2 aromatic heterocycles. The Morgan fingerprint density at radius 1 is 1.21 bits per heavy atom. The van der Waals surface area contributed by atoms with Gasteiger partial charge >= 0.3 is 0 Å². The molecule has 19 heavy (non-hydrogen) atoms. The van der Waals surface area contributed by atoms with Crippen LogP contribution in [0.15, 0.2) is 18.3 Å². The van der Waals surface area contributed by atoms with Crippen LogP contribution in [0.5, 0.6) is 11.6 Å². The van der Waals surface area contributed by atoms with Crippen molar-refractivity contribution in [1.82, 2.24) is 15.0 Å². The van der Waals surface area contributed by atoms with Crippen molar-refractivity contribution >= 4 is 11.6 Å². The molecule has 5 heteroatoms. The van der Waals surface area contributed by atoms with Crippen molar-refractivity contribution in [3.8, 4) is 11.6 Å². The first kappa shape index (κ1) is 13.7. The third-order valence-corrected chi connectivity index (χ3v) is 3.11. The maximum Gasteiger partial charge on any atom is 0.227 e. The minimum atomic E-state index is 0.190. The average molecular weight is 278 g/mol. The minimum Gasteiger partial charge on any atom is -0.437 e. The standard InChI is InChI=1S/C14H16ClN3O/c1-8(2)13-17-12(15)9(3)14(18-13)19-11-6-5-7-16-10(11)4/h5-8H,1-4H3. The van der Waals surface area contributed by atoms with Crippen LogP contribution in [0.25, 0.3) is 0 Å². The number of ether oxygens (including phenoxy) is 1. The number of halogens is 1. The summed E-state index contributed by atoms with van der Waals surface area (Å²) in [5.41, 5.74) is 1.54. The van der Waals surface area contributed by atoms with E-state index in [0.717, 1.165) is 11.3 Å². The van der Waals surface area contributed by atoms with Gasteiger partial charge in [0.1, 0.15) is 11.0 Å². The number of pyridine rings is 1. The van der Waals surface area contributed by atoms with E-state index >= 15 is 0 Å². The molecular weight excluding hydrogens is 262 g/mol. The second-order valence-electron chi connectivity index (χ2n) is 4.65. The van der Waals surface area contributed by atoms with Gasteiger partial charge in [-0.1, -0.05) is 25.4 Å². The van der Waals surface area contributed by atoms with Crippen LogP contribution in [0, 0.1) is 13.8 Å². The lowest BCUT2D eigenvalue weighted by atomic mass is 10.2. The molecule has 0 aliphatic rings. The SMILES string of the molecule is Cc1ncccc1Oc1nc(C(C)C)nc(Cl)c1C. The Hall–Kier alpha value is -1.68. The van der Waals surface area contributed by atoms with Crippen molar-refractivity contribution in [3.05, 3.63) is 40.6 Å². The molecule has 0 N–H and O–H groups in total. The van der Waals surface area contributed by atoms with Gasteiger partial charge in [-0.25, -0.2) is 4.98 Å². The first-order valence-corrected chi connectivity index (χ1v) is 6.50. The zero-order valence-corrected chi connectivity index (χ0v) is 12.2. The zero-order valence-electron chi connectivity index (χ0n) is 11.4. The number of aryl methyl sites for hydroxylation is 1. The third kappa shape index (κ3) is 3.01. The highest BCUT2D eigenvalue weighted by molar-refractivity contribution is 6.30. The van der Waals surface area contributed by atoms with E-state index in [1.165, 1.54) is 0 Å². The van der Waals surface area contributed by atoms with Crippen molar-refractivity contribution in [2.24, 2.45) is 0 Å². The van der Waals surface area contributed by atoms with Gasteiger partial charge in [0.25, 0.3) is 0 Å². The molecule has 0 aliphatic heterocycles. The Balaban J connectivity index is 2.42. The van der Waals surface area contributed by atoms with Gasteiger partial charge in [-0.3, -0.25) is 4.98 Å². The van der Waals surface area contributed by atoms with E-state index in [9.17, 15) is 0 Å². The summed E-state index contributed by atoms with van der Waals surface area (Å²) in [5.74, 6) is 2.03. The zero-order chi connectivity index (χ0) is 14.0. The molecule has 0 aliphatic carbocycles. The van der Waals surface area contributed by atoms with Crippen LogP contribution in [0.1, 0.15) is 36.8 Å². The fourth-order valence-electron chi connectivity index (χ4n) is 1.52. The van der Waals surface area contributed by atoms with Gasteiger partial charge in [0.2, 0.25) is 5.88 Å². The summed E-state index contributed by atoms with van der Waals surface area (Å²) < 4.78 is 5.81. The molecule has 0 saturated heterocycles. The highest BCUT2D eigenvalue weighted by Crippen LogP contribution is 2.29. The Bertz CT molecular complexity index is 599. The molecule has 100 valence electrons. The van der Waals surface area contributed by atoms with Crippen LogP contribution in [0.4, 0.5) is 0 Å². The molecule has 4 nitrogen and oxygen atoms in total. The minimum absolute atomic E-state index is 0.190. The topological polar surface area (TPSA) is 47.9 Å². The van der Waals surface area contributed by atoms with Gasteiger partial charge in [-0.2, -0.15) is 4.98 Å². The third-order valence-electron chi connectivity index (χ3n) is 2.74. The van der Waals surface area contributed by atoms with Gasteiger partial charge in [0, 0.05) is 17.7 Å². The quantitative estimate of drug-likeness (QED) is 0.794. The van der Waals surface area contributed by atoms with E-state index < -0.39 is 0 Å². The fraction of sp³-hybridized carbons (Fsp3) is 0.357. The Morgan fingerprint density at radius 3 is 2.58 bits per heavy atom. The smallest absolute Gasteiger partial charge is 0.227 e. The van der Waals surface area contributed by atoms with Crippen LogP contribution in [-0.2, 0) is 0 Å². The van der Waals surface area contributed by atoms with Crippen LogP contribution in [0.3, 0.4) is 0 Å². The van der Waals surface area contributed by atoms with Crippen molar-refractivity contribution in [3.63, 3.8) is 0 Å². The van der Waals surface area contributed by atoms with Gasteiger partial charge in [-0.15, -0.1) is 0 Å². The van der Waals surface area contributed by atoms with E-state index in [0.29, 0.717) is 22.6 Å². The normalized spacial score (nSPS) is 10.8. The van der Waals surface area contributed by atoms with E-state index in [2.05, 4.69) is 15.0 Å². The fourth-order valence-corrected chi connectivity index (χ4v) is 1.69. The molecule has 0 amide bonds. The van der Waals surface area contributed by atoms with Crippen molar-refractivity contribution < 1.29 is 4.74 Å². The molecular formula is C14H16ClN3O. The Kier molecular flexibility index (Phi) is 4.00. The van der Waals surface area contributed by atoms with E-state index in [1.54, 1.807) is 6.20 Å². The predicted octanol–water partition coefficient (Wildman–Crippen LogP) is 4.06. The lowest BCUT2D eigenvalue weighted by Gasteiger charge is -2.12. The van der Waals surface area contributed by atoms with E-state index in [4.69, 9.17) is 16.3 Å². The molecule has 2 rings (SSSR count). The Labute approximate surface area is 117 Å². The number of aromatic nitrogens is 3. The molecule has 0 bridgehead atoms. The van der Waals surface area contributed by atoms with Crippen molar-refractivity contribution in [2.75, 3.05) is 0 Å². The maximum absolute atomic E-state index is 6.12.